The van der Waals surface area contributed by atoms with Crippen molar-refractivity contribution in [3.8, 4) is 0 Å². The van der Waals surface area contributed by atoms with E-state index >= 15 is 0 Å². The van der Waals surface area contributed by atoms with Crippen molar-refractivity contribution in [2.75, 3.05) is 0 Å². The Morgan fingerprint density at radius 3 is 2.40 bits per heavy atom. The Kier molecular flexibility index (Phi) is 5.09. The number of hydrogen-bond donors (Lipinski definition) is 0. The molecule has 0 N–H and O–H groups in total. The smallest absolute Gasteiger partial charge is 0.202 e. The summed E-state index contributed by atoms with van der Waals surface area (Å²) < 4.78 is 5.97. The fraction of sp³-hybridized carbons (Fsp3) is 0.583. The van der Waals surface area contributed by atoms with Gasteiger partial charge in [0, 0.05) is 5.92 Å². The molecule has 0 amide bonds. The molecule has 1 aromatic rings. The number of hydrogen-bond acceptors (Lipinski definition) is 2. The molecular formula is C12H17BrO2. The zero-order valence-electron chi connectivity index (χ0n) is 9.25. The van der Waals surface area contributed by atoms with Gasteiger partial charge < -0.3 is 4.42 Å². The van der Waals surface area contributed by atoms with Crippen molar-refractivity contribution >= 4 is 21.7 Å². The molecule has 0 spiro atoms. The van der Waals surface area contributed by atoms with Gasteiger partial charge in [-0.15, -0.1) is 0 Å². The number of halogens is 1. The van der Waals surface area contributed by atoms with Crippen molar-refractivity contribution in [1.82, 2.24) is 0 Å². The van der Waals surface area contributed by atoms with Crippen LogP contribution in [0.25, 0.3) is 0 Å². The molecule has 1 aromatic heterocycles. The molecule has 0 fully saturated rings. The monoisotopic (exact) mass is 272 g/mol. The maximum absolute atomic E-state index is 12.1. The molecule has 1 rings (SSSR count). The maximum atomic E-state index is 12.1. The molecule has 0 aliphatic rings. The van der Waals surface area contributed by atoms with Crippen LogP contribution >= 0.6 is 15.9 Å². The van der Waals surface area contributed by atoms with E-state index in [4.69, 9.17) is 4.42 Å². The number of carbonyl (C=O) groups is 1. The molecule has 0 radical (unpaired) electrons. The minimum atomic E-state index is 0.113. The van der Waals surface area contributed by atoms with Gasteiger partial charge in [-0.3, -0.25) is 4.79 Å². The van der Waals surface area contributed by atoms with Crippen LogP contribution in [0.4, 0.5) is 0 Å². The number of Topliss-reactive ketones (excluding diaryl/α,β-unsaturated/α-hetero) is 1. The lowest BCUT2D eigenvalue weighted by Crippen LogP contribution is -2.14. The average molecular weight is 273 g/mol. The van der Waals surface area contributed by atoms with E-state index in [9.17, 15) is 4.79 Å². The van der Waals surface area contributed by atoms with Crippen LogP contribution < -0.4 is 0 Å². The third-order valence-corrected chi connectivity index (χ3v) is 3.11. The van der Waals surface area contributed by atoms with Gasteiger partial charge in [0.2, 0.25) is 5.78 Å². The fourth-order valence-corrected chi connectivity index (χ4v) is 2.16. The van der Waals surface area contributed by atoms with Crippen LogP contribution in [0, 0.1) is 5.92 Å². The Morgan fingerprint density at radius 2 is 2.00 bits per heavy atom. The normalized spacial score (nSPS) is 10.9. The molecule has 1 heterocycles. The predicted octanol–water partition coefficient (Wildman–Crippen LogP) is 4.44. The molecule has 3 heteroatoms. The topological polar surface area (TPSA) is 30.2 Å². The summed E-state index contributed by atoms with van der Waals surface area (Å²) >= 11 is 3.32. The SMILES string of the molecule is CCCC(CCC)C(=O)c1occc1Br. The first-order chi connectivity index (χ1) is 7.20. The molecule has 0 aliphatic heterocycles. The van der Waals surface area contributed by atoms with Crippen LogP contribution in [-0.4, -0.2) is 5.78 Å². The van der Waals surface area contributed by atoms with Gasteiger partial charge in [-0.05, 0) is 34.8 Å². The van der Waals surface area contributed by atoms with Gasteiger partial charge in [-0.25, -0.2) is 0 Å². The summed E-state index contributed by atoms with van der Waals surface area (Å²) in [5, 5.41) is 0. The highest BCUT2D eigenvalue weighted by Gasteiger charge is 2.22. The number of furan rings is 1. The Balaban J connectivity index is 2.76. The van der Waals surface area contributed by atoms with E-state index in [2.05, 4.69) is 29.8 Å². The molecule has 0 unspecified atom stereocenters. The Bertz CT molecular complexity index is 311. The summed E-state index contributed by atoms with van der Waals surface area (Å²) in [7, 11) is 0. The van der Waals surface area contributed by atoms with E-state index in [1.807, 2.05) is 0 Å². The fourth-order valence-electron chi connectivity index (χ4n) is 1.76. The lowest BCUT2D eigenvalue weighted by Gasteiger charge is -2.12. The summed E-state index contributed by atoms with van der Waals surface area (Å²) in [5.41, 5.74) is 0. The summed E-state index contributed by atoms with van der Waals surface area (Å²) in [6.45, 7) is 4.21. The molecule has 84 valence electrons. The van der Waals surface area contributed by atoms with Gasteiger partial charge >= 0.3 is 0 Å². The van der Waals surface area contributed by atoms with E-state index in [-0.39, 0.29) is 11.7 Å². The van der Waals surface area contributed by atoms with Crippen molar-refractivity contribution in [2.45, 2.75) is 39.5 Å². The quantitative estimate of drug-likeness (QED) is 0.717. The molecule has 0 saturated carbocycles. The first-order valence-electron chi connectivity index (χ1n) is 5.47. The van der Waals surface area contributed by atoms with Crippen LogP contribution in [0.3, 0.4) is 0 Å². The Morgan fingerprint density at radius 1 is 1.40 bits per heavy atom. The molecule has 0 bridgehead atoms. The molecule has 0 saturated heterocycles. The molecule has 0 atom stereocenters. The standard InChI is InChI=1S/C12H17BrO2/c1-3-5-9(6-4-2)11(14)12-10(13)7-8-15-12/h7-9H,3-6H2,1-2H3. The van der Waals surface area contributed by atoms with E-state index in [0.717, 1.165) is 30.2 Å². The maximum Gasteiger partial charge on any atom is 0.202 e. The first-order valence-corrected chi connectivity index (χ1v) is 6.27. The van der Waals surface area contributed by atoms with Crippen molar-refractivity contribution in [1.29, 1.82) is 0 Å². The van der Waals surface area contributed by atoms with Crippen molar-refractivity contribution in [3.63, 3.8) is 0 Å². The lowest BCUT2D eigenvalue weighted by molar-refractivity contribution is 0.0875. The lowest BCUT2D eigenvalue weighted by atomic mass is 9.92. The van der Waals surface area contributed by atoms with Gasteiger partial charge in [0.15, 0.2) is 5.76 Å². The molecule has 2 nitrogen and oxygen atoms in total. The van der Waals surface area contributed by atoms with Crippen molar-refractivity contribution in [3.05, 3.63) is 22.6 Å². The van der Waals surface area contributed by atoms with Crippen molar-refractivity contribution in [2.24, 2.45) is 5.92 Å². The summed E-state index contributed by atoms with van der Waals surface area (Å²) in [6.07, 6.45) is 5.51. The number of rotatable bonds is 6. The van der Waals surface area contributed by atoms with Gasteiger partial charge in [-0.2, -0.15) is 0 Å². The highest BCUT2D eigenvalue weighted by atomic mass is 79.9. The van der Waals surface area contributed by atoms with E-state index < -0.39 is 0 Å². The van der Waals surface area contributed by atoms with Crippen LogP contribution in [0.5, 0.6) is 0 Å². The van der Waals surface area contributed by atoms with Crippen LogP contribution in [-0.2, 0) is 0 Å². The Labute approximate surface area is 99.2 Å². The van der Waals surface area contributed by atoms with Gasteiger partial charge in [0.25, 0.3) is 0 Å². The largest absolute Gasteiger partial charge is 0.460 e. The van der Waals surface area contributed by atoms with Crippen LogP contribution in [0.2, 0.25) is 0 Å². The minimum absolute atomic E-state index is 0.113. The second-order valence-electron chi connectivity index (χ2n) is 3.74. The highest BCUT2D eigenvalue weighted by molar-refractivity contribution is 9.10. The second-order valence-corrected chi connectivity index (χ2v) is 4.59. The molecule has 0 aromatic carbocycles. The summed E-state index contributed by atoms with van der Waals surface area (Å²) in [5.74, 6) is 0.722. The summed E-state index contributed by atoms with van der Waals surface area (Å²) in [6, 6.07) is 1.77. The zero-order chi connectivity index (χ0) is 11.3. The molecule has 0 aliphatic carbocycles. The van der Waals surface area contributed by atoms with Gasteiger partial charge in [0.1, 0.15) is 0 Å². The molecular weight excluding hydrogens is 256 g/mol. The Hall–Kier alpha value is -0.570. The summed E-state index contributed by atoms with van der Waals surface area (Å²) in [4.78, 5) is 12.1. The minimum Gasteiger partial charge on any atom is -0.460 e. The zero-order valence-corrected chi connectivity index (χ0v) is 10.8. The third kappa shape index (κ3) is 3.20. The average Bonchev–Trinajstić information content (AvgIpc) is 2.63. The molecule has 15 heavy (non-hydrogen) atoms. The van der Waals surface area contributed by atoms with Gasteiger partial charge in [0.05, 0.1) is 10.7 Å². The number of ketones is 1. The van der Waals surface area contributed by atoms with Crippen LogP contribution in [0.15, 0.2) is 21.2 Å². The second kappa shape index (κ2) is 6.11. The third-order valence-electron chi connectivity index (χ3n) is 2.49. The first kappa shape index (κ1) is 12.5. The van der Waals surface area contributed by atoms with Crippen molar-refractivity contribution < 1.29 is 9.21 Å². The van der Waals surface area contributed by atoms with Crippen LogP contribution in [0.1, 0.15) is 50.1 Å². The van der Waals surface area contributed by atoms with E-state index in [0.29, 0.717) is 5.76 Å². The number of carbonyl (C=O) groups excluding carboxylic acids is 1. The van der Waals surface area contributed by atoms with Gasteiger partial charge in [-0.1, -0.05) is 26.7 Å². The van der Waals surface area contributed by atoms with E-state index in [1.165, 1.54) is 0 Å². The highest BCUT2D eigenvalue weighted by Crippen LogP contribution is 2.25. The predicted molar refractivity (Wildman–Crippen MR) is 64.0 cm³/mol. The van der Waals surface area contributed by atoms with E-state index in [1.54, 1.807) is 12.3 Å².